The van der Waals surface area contributed by atoms with Gasteiger partial charge in [0.1, 0.15) is 5.69 Å². The van der Waals surface area contributed by atoms with Gasteiger partial charge in [-0.1, -0.05) is 46.9 Å². The molecule has 0 spiro atoms. The molecule has 1 amide bonds. The SMILES string of the molecule is CN(C(=O)O)c1c(C(=O)c2cccnc2)oc2nc(-c3ccc(Cl)cc3Cl)c(-c3ccc(Cl)cc3)cc12. The first-order valence-electron chi connectivity index (χ1n) is 10.8. The van der Waals surface area contributed by atoms with Crippen molar-refractivity contribution in [1.29, 1.82) is 0 Å². The maximum Gasteiger partial charge on any atom is 0.411 e. The molecule has 5 rings (SSSR count). The number of pyridine rings is 2. The summed E-state index contributed by atoms with van der Waals surface area (Å²) in [6.07, 6.45) is 1.63. The molecule has 0 aliphatic heterocycles. The van der Waals surface area contributed by atoms with Crippen molar-refractivity contribution in [3.8, 4) is 22.4 Å². The van der Waals surface area contributed by atoms with E-state index in [1.54, 1.807) is 60.7 Å². The molecule has 0 bridgehead atoms. The second kappa shape index (κ2) is 9.86. The van der Waals surface area contributed by atoms with Gasteiger partial charge in [-0.05, 0) is 54.1 Å². The molecule has 1 N–H and O–H groups in total. The van der Waals surface area contributed by atoms with Gasteiger partial charge in [0, 0.05) is 46.2 Å². The van der Waals surface area contributed by atoms with Crippen molar-refractivity contribution in [2.24, 2.45) is 0 Å². The van der Waals surface area contributed by atoms with Gasteiger partial charge in [-0.3, -0.25) is 14.7 Å². The fraction of sp³-hybridized carbons (Fsp3) is 0.0370. The van der Waals surface area contributed by atoms with Crippen molar-refractivity contribution >= 4 is 63.5 Å². The van der Waals surface area contributed by atoms with Crippen LogP contribution in [0.15, 0.2) is 77.5 Å². The number of hydrogen-bond donors (Lipinski definition) is 1. The Labute approximate surface area is 225 Å². The first-order chi connectivity index (χ1) is 17.7. The van der Waals surface area contributed by atoms with Crippen LogP contribution in [0.1, 0.15) is 16.1 Å². The highest BCUT2D eigenvalue weighted by atomic mass is 35.5. The van der Waals surface area contributed by atoms with Gasteiger partial charge < -0.3 is 9.52 Å². The number of rotatable bonds is 5. The Morgan fingerprint density at radius 2 is 1.68 bits per heavy atom. The van der Waals surface area contributed by atoms with Crippen LogP contribution in [0.5, 0.6) is 0 Å². The van der Waals surface area contributed by atoms with Crippen LogP contribution in [0.4, 0.5) is 10.5 Å². The lowest BCUT2D eigenvalue weighted by molar-refractivity contribution is 0.101. The molecule has 184 valence electrons. The van der Waals surface area contributed by atoms with Crippen molar-refractivity contribution in [3.63, 3.8) is 0 Å². The number of hydrogen-bond acceptors (Lipinski definition) is 5. The maximum atomic E-state index is 13.4. The summed E-state index contributed by atoms with van der Waals surface area (Å²) in [4.78, 5) is 35.0. The Bertz CT molecular complexity index is 1670. The molecule has 0 unspecified atom stereocenters. The lowest BCUT2D eigenvalue weighted by atomic mass is 9.97. The highest BCUT2D eigenvalue weighted by Gasteiger charge is 2.29. The Hall–Kier alpha value is -3.91. The van der Waals surface area contributed by atoms with E-state index in [1.807, 2.05) is 0 Å². The number of halogens is 3. The molecule has 2 aromatic carbocycles. The standard InChI is InChI=1S/C27H16Cl3N3O4/c1-33(27(35)36)23-20-12-19(14-4-6-16(28)7-5-14)22(18-9-8-17(29)11-21(18)30)32-26(20)37-25(23)24(34)15-3-2-10-31-13-15/h2-13H,1H3,(H,35,36). The van der Waals surface area contributed by atoms with Crippen LogP contribution in [0, 0.1) is 0 Å². The Morgan fingerprint density at radius 1 is 0.946 bits per heavy atom. The molecule has 0 radical (unpaired) electrons. The molecule has 5 aromatic rings. The Kier molecular flexibility index (Phi) is 6.60. The van der Waals surface area contributed by atoms with Crippen LogP contribution in [-0.4, -0.2) is 34.0 Å². The molecule has 0 saturated carbocycles. The van der Waals surface area contributed by atoms with Crippen LogP contribution in [0.25, 0.3) is 33.5 Å². The average Bonchev–Trinajstić information content (AvgIpc) is 3.26. The Balaban J connectivity index is 1.84. The summed E-state index contributed by atoms with van der Waals surface area (Å²) in [5, 5.41) is 11.5. The summed E-state index contributed by atoms with van der Waals surface area (Å²) in [5.74, 6) is -0.713. The zero-order valence-electron chi connectivity index (χ0n) is 19.1. The molecule has 0 aliphatic carbocycles. The molecule has 0 atom stereocenters. The topological polar surface area (TPSA) is 96.5 Å². The first kappa shape index (κ1) is 24.8. The number of amides is 1. The summed E-state index contributed by atoms with van der Waals surface area (Å²) in [6.45, 7) is 0. The third kappa shape index (κ3) is 4.64. The van der Waals surface area contributed by atoms with Gasteiger partial charge in [0.15, 0.2) is 0 Å². The zero-order chi connectivity index (χ0) is 26.3. The van der Waals surface area contributed by atoms with E-state index >= 15 is 0 Å². The zero-order valence-corrected chi connectivity index (χ0v) is 21.3. The van der Waals surface area contributed by atoms with Crippen molar-refractivity contribution < 1.29 is 19.1 Å². The van der Waals surface area contributed by atoms with Crippen LogP contribution in [0.3, 0.4) is 0 Å². The average molecular weight is 553 g/mol. The van der Waals surface area contributed by atoms with E-state index in [4.69, 9.17) is 44.2 Å². The van der Waals surface area contributed by atoms with Crippen molar-refractivity contribution in [2.45, 2.75) is 0 Å². The van der Waals surface area contributed by atoms with E-state index in [-0.39, 0.29) is 22.7 Å². The third-order valence-corrected chi connectivity index (χ3v) is 6.55. The minimum Gasteiger partial charge on any atom is -0.465 e. The van der Waals surface area contributed by atoms with Gasteiger partial charge in [0.25, 0.3) is 0 Å². The van der Waals surface area contributed by atoms with Gasteiger partial charge in [-0.15, -0.1) is 0 Å². The van der Waals surface area contributed by atoms with Crippen LogP contribution >= 0.6 is 34.8 Å². The van der Waals surface area contributed by atoms with Crippen LogP contribution in [0.2, 0.25) is 15.1 Å². The number of carbonyl (C=O) groups is 2. The molecule has 3 heterocycles. The number of fused-ring (bicyclic) bond motifs is 1. The minimum absolute atomic E-state index is 0.0628. The fourth-order valence-corrected chi connectivity index (χ4v) is 4.58. The number of carbonyl (C=O) groups excluding carboxylic acids is 1. The number of nitrogens with zero attached hydrogens (tertiary/aromatic N) is 3. The number of ketones is 1. The second-order valence-corrected chi connectivity index (χ2v) is 9.34. The van der Waals surface area contributed by atoms with Gasteiger partial charge in [0.2, 0.25) is 17.3 Å². The smallest absolute Gasteiger partial charge is 0.411 e. The molecule has 0 saturated heterocycles. The van der Waals surface area contributed by atoms with Crippen molar-refractivity contribution in [2.75, 3.05) is 11.9 Å². The summed E-state index contributed by atoms with van der Waals surface area (Å²) in [5.41, 5.74) is 2.75. The molecule has 7 nitrogen and oxygen atoms in total. The number of aromatic nitrogens is 2. The third-order valence-electron chi connectivity index (χ3n) is 5.75. The quantitative estimate of drug-likeness (QED) is 0.223. The second-order valence-electron chi connectivity index (χ2n) is 8.06. The number of anilines is 1. The lowest BCUT2D eigenvalue weighted by Crippen LogP contribution is -2.25. The van der Waals surface area contributed by atoms with E-state index in [2.05, 4.69) is 4.98 Å². The van der Waals surface area contributed by atoms with Gasteiger partial charge in [0.05, 0.1) is 16.1 Å². The molecular weight excluding hydrogens is 537 g/mol. The fourth-order valence-electron chi connectivity index (χ4n) is 3.96. The summed E-state index contributed by atoms with van der Waals surface area (Å²) in [7, 11) is 1.33. The summed E-state index contributed by atoms with van der Waals surface area (Å²) in [6, 6.07) is 17.0. The number of benzene rings is 2. The number of carboxylic acid groups (broad SMARTS) is 1. The minimum atomic E-state index is -1.28. The maximum absolute atomic E-state index is 13.4. The van der Waals surface area contributed by atoms with Crippen LogP contribution < -0.4 is 4.90 Å². The van der Waals surface area contributed by atoms with Gasteiger partial charge in [-0.25, -0.2) is 9.78 Å². The summed E-state index contributed by atoms with van der Waals surface area (Å²) < 4.78 is 5.94. The highest BCUT2D eigenvalue weighted by Crippen LogP contribution is 2.42. The highest BCUT2D eigenvalue weighted by molar-refractivity contribution is 6.36. The van der Waals surface area contributed by atoms with E-state index in [0.717, 1.165) is 10.5 Å². The van der Waals surface area contributed by atoms with E-state index in [0.29, 0.717) is 37.3 Å². The predicted octanol–water partition coefficient (Wildman–Crippen LogP) is 7.86. The summed E-state index contributed by atoms with van der Waals surface area (Å²) >= 11 is 18.8. The first-order valence-corrected chi connectivity index (χ1v) is 12.0. The van der Waals surface area contributed by atoms with Crippen molar-refractivity contribution in [1.82, 2.24) is 9.97 Å². The molecule has 37 heavy (non-hydrogen) atoms. The van der Waals surface area contributed by atoms with Gasteiger partial charge in [-0.2, -0.15) is 0 Å². The van der Waals surface area contributed by atoms with Crippen molar-refractivity contribution in [3.05, 3.63) is 99.4 Å². The van der Waals surface area contributed by atoms with Gasteiger partial charge >= 0.3 is 6.09 Å². The van der Waals surface area contributed by atoms with Crippen LogP contribution in [-0.2, 0) is 0 Å². The molecular formula is C27H16Cl3N3O4. The number of furan rings is 1. The predicted molar refractivity (Wildman–Crippen MR) is 144 cm³/mol. The molecule has 0 fully saturated rings. The van der Waals surface area contributed by atoms with E-state index in [9.17, 15) is 14.7 Å². The van der Waals surface area contributed by atoms with E-state index in [1.165, 1.54) is 19.4 Å². The lowest BCUT2D eigenvalue weighted by Gasteiger charge is -2.14. The molecule has 3 aromatic heterocycles. The largest absolute Gasteiger partial charge is 0.465 e. The molecule has 10 heteroatoms. The normalized spacial score (nSPS) is 11.0. The molecule has 0 aliphatic rings. The Morgan fingerprint density at radius 3 is 2.32 bits per heavy atom. The monoisotopic (exact) mass is 551 g/mol. The van der Waals surface area contributed by atoms with E-state index < -0.39 is 11.9 Å².